The van der Waals surface area contributed by atoms with Crippen LogP contribution in [0, 0.1) is 10.1 Å². The Hall–Kier alpha value is -2.45. The molecule has 0 amide bonds. The van der Waals surface area contributed by atoms with Gasteiger partial charge in [0.2, 0.25) is 0 Å². The van der Waals surface area contributed by atoms with Gasteiger partial charge in [-0.1, -0.05) is 29.8 Å². The number of benzene rings is 2. The fraction of sp³-hybridized carbons (Fsp3) is 0. The third kappa shape index (κ3) is 3.80. The van der Waals surface area contributed by atoms with Crippen LogP contribution in [-0.2, 0) is 10.0 Å². The van der Waals surface area contributed by atoms with E-state index in [0.29, 0.717) is 0 Å². The monoisotopic (exact) mass is 339 g/mol. The van der Waals surface area contributed by atoms with Crippen LogP contribution in [0.5, 0.6) is 0 Å². The number of hydrazone groups is 1. The normalized spacial score (nSPS) is 11.5. The highest BCUT2D eigenvalue weighted by Gasteiger charge is 2.12. The molecule has 0 aliphatic heterocycles. The highest BCUT2D eigenvalue weighted by Crippen LogP contribution is 2.20. The second-order valence-corrected chi connectivity index (χ2v) is 6.20. The van der Waals surface area contributed by atoms with Crippen LogP contribution in [0.25, 0.3) is 0 Å². The van der Waals surface area contributed by atoms with Crippen molar-refractivity contribution in [2.24, 2.45) is 5.10 Å². The summed E-state index contributed by atoms with van der Waals surface area (Å²) in [5, 5.41) is 14.5. The lowest BCUT2D eigenvalue weighted by molar-refractivity contribution is -0.384. The molecule has 2 aromatic rings. The summed E-state index contributed by atoms with van der Waals surface area (Å²) in [4.78, 5) is 12.2. The first-order chi connectivity index (χ1) is 10.4. The fourth-order valence-electron chi connectivity index (χ4n) is 1.56. The van der Waals surface area contributed by atoms with Crippen molar-refractivity contribution in [2.75, 3.05) is 0 Å². The van der Waals surface area contributed by atoms with Gasteiger partial charge in [-0.3, -0.25) is 10.1 Å². The van der Waals surface area contributed by atoms with Crippen LogP contribution in [0.2, 0.25) is 5.02 Å². The summed E-state index contributed by atoms with van der Waals surface area (Å²) in [5.41, 5.74) is 0.0587. The molecule has 0 aliphatic carbocycles. The molecule has 0 radical (unpaired) electrons. The van der Waals surface area contributed by atoms with Crippen molar-refractivity contribution in [3.8, 4) is 0 Å². The van der Waals surface area contributed by atoms with E-state index in [1.165, 1.54) is 30.3 Å². The van der Waals surface area contributed by atoms with Crippen LogP contribution in [0.15, 0.2) is 58.5 Å². The summed E-state index contributed by atoms with van der Waals surface area (Å²) >= 11 is 5.88. The molecule has 0 saturated carbocycles. The van der Waals surface area contributed by atoms with Crippen molar-refractivity contribution in [1.82, 2.24) is 4.83 Å². The van der Waals surface area contributed by atoms with Crippen LogP contribution in [0.1, 0.15) is 5.56 Å². The zero-order valence-electron chi connectivity index (χ0n) is 11.0. The summed E-state index contributed by atoms with van der Waals surface area (Å²) in [6, 6.07) is 11.5. The lowest BCUT2D eigenvalue weighted by Crippen LogP contribution is -2.18. The average molecular weight is 340 g/mol. The van der Waals surface area contributed by atoms with Gasteiger partial charge in [0.15, 0.2) is 0 Å². The standard InChI is InChI=1S/C13H10ClN3O4S/c14-13-7-6-11(17(18)19)8-10(13)9-15-16-22(20,21)12-4-2-1-3-5-12/h1-9,16H. The van der Waals surface area contributed by atoms with E-state index in [1.807, 2.05) is 4.83 Å². The van der Waals surface area contributed by atoms with Gasteiger partial charge in [0.05, 0.1) is 16.0 Å². The average Bonchev–Trinajstić information content (AvgIpc) is 2.49. The minimum Gasteiger partial charge on any atom is -0.258 e. The zero-order valence-corrected chi connectivity index (χ0v) is 12.6. The van der Waals surface area contributed by atoms with Crippen LogP contribution < -0.4 is 4.83 Å². The van der Waals surface area contributed by atoms with E-state index >= 15 is 0 Å². The molecule has 0 bridgehead atoms. The van der Waals surface area contributed by atoms with E-state index in [1.54, 1.807) is 18.2 Å². The van der Waals surface area contributed by atoms with Gasteiger partial charge < -0.3 is 0 Å². The highest BCUT2D eigenvalue weighted by molar-refractivity contribution is 7.89. The molecule has 0 fully saturated rings. The number of sulfonamides is 1. The summed E-state index contributed by atoms with van der Waals surface area (Å²) in [7, 11) is -3.79. The van der Waals surface area contributed by atoms with Gasteiger partial charge in [-0.2, -0.15) is 13.5 Å². The molecule has 2 aromatic carbocycles. The van der Waals surface area contributed by atoms with Gasteiger partial charge in [0, 0.05) is 22.7 Å². The first-order valence-electron chi connectivity index (χ1n) is 5.94. The zero-order chi connectivity index (χ0) is 16.2. The smallest absolute Gasteiger partial charge is 0.258 e. The van der Waals surface area contributed by atoms with Gasteiger partial charge in [-0.25, -0.2) is 4.83 Å². The van der Waals surface area contributed by atoms with Crippen LogP contribution >= 0.6 is 11.6 Å². The number of non-ortho nitro benzene ring substituents is 1. The van der Waals surface area contributed by atoms with Crippen molar-refractivity contribution >= 4 is 33.5 Å². The number of nitro groups is 1. The van der Waals surface area contributed by atoms with Gasteiger partial charge in [0.25, 0.3) is 15.7 Å². The molecule has 7 nitrogen and oxygen atoms in total. The first kappa shape index (κ1) is 15.9. The first-order valence-corrected chi connectivity index (χ1v) is 7.80. The van der Waals surface area contributed by atoms with Crippen molar-refractivity contribution in [1.29, 1.82) is 0 Å². The molecule has 0 heterocycles. The Morgan fingerprint density at radius 1 is 1.18 bits per heavy atom. The number of nitrogens with one attached hydrogen (secondary N) is 1. The third-order valence-electron chi connectivity index (χ3n) is 2.62. The summed E-state index contributed by atoms with van der Waals surface area (Å²) < 4.78 is 23.8. The van der Waals surface area contributed by atoms with Crippen molar-refractivity contribution in [3.05, 3.63) is 69.2 Å². The van der Waals surface area contributed by atoms with E-state index in [9.17, 15) is 18.5 Å². The molecule has 0 spiro atoms. The topological polar surface area (TPSA) is 102 Å². The minimum absolute atomic E-state index is 0.0530. The molecule has 9 heteroatoms. The van der Waals surface area contributed by atoms with Crippen molar-refractivity contribution < 1.29 is 13.3 Å². The van der Waals surface area contributed by atoms with Gasteiger partial charge in [-0.05, 0) is 18.2 Å². The Bertz CT molecular complexity index is 822. The minimum atomic E-state index is -3.79. The Balaban J connectivity index is 2.20. The number of nitro benzene ring substituents is 1. The summed E-state index contributed by atoms with van der Waals surface area (Å²) in [5.74, 6) is 0. The van der Waals surface area contributed by atoms with E-state index in [4.69, 9.17) is 11.6 Å². The van der Waals surface area contributed by atoms with E-state index < -0.39 is 14.9 Å². The Morgan fingerprint density at radius 2 is 1.86 bits per heavy atom. The molecule has 0 aliphatic rings. The maximum absolute atomic E-state index is 11.9. The second-order valence-electron chi connectivity index (χ2n) is 4.13. The number of nitrogens with zero attached hydrogens (tertiary/aromatic N) is 2. The molecular formula is C13H10ClN3O4S. The van der Waals surface area contributed by atoms with Crippen LogP contribution in [-0.4, -0.2) is 19.6 Å². The summed E-state index contributed by atoms with van der Waals surface area (Å²) in [6.45, 7) is 0. The largest absolute Gasteiger partial charge is 0.276 e. The molecule has 0 aromatic heterocycles. The molecular weight excluding hydrogens is 330 g/mol. The van der Waals surface area contributed by atoms with Crippen LogP contribution in [0.4, 0.5) is 5.69 Å². The van der Waals surface area contributed by atoms with E-state index in [-0.39, 0.29) is 21.2 Å². The number of rotatable bonds is 5. The SMILES string of the molecule is O=[N+]([O-])c1ccc(Cl)c(C=NNS(=O)(=O)c2ccccc2)c1. The molecule has 1 N–H and O–H groups in total. The van der Waals surface area contributed by atoms with E-state index in [0.717, 1.165) is 6.21 Å². The Labute approximate surface area is 131 Å². The van der Waals surface area contributed by atoms with Gasteiger partial charge in [0.1, 0.15) is 0 Å². The maximum Gasteiger partial charge on any atom is 0.276 e. The lowest BCUT2D eigenvalue weighted by atomic mass is 10.2. The van der Waals surface area contributed by atoms with Gasteiger partial charge >= 0.3 is 0 Å². The van der Waals surface area contributed by atoms with Gasteiger partial charge in [-0.15, -0.1) is 0 Å². The number of halogens is 1. The fourth-order valence-corrected chi connectivity index (χ4v) is 2.54. The lowest BCUT2D eigenvalue weighted by Gasteiger charge is -2.03. The molecule has 2 rings (SSSR count). The second kappa shape index (κ2) is 6.54. The van der Waals surface area contributed by atoms with Crippen molar-refractivity contribution in [3.63, 3.8) is 0 Å². The Kier molecular flexibility index (Phi) is 4.74. The Morgan fingerprint density at radius 3 is 2.50 bits per heavy atom. The quantitative estimate of drug-likeness (QED) is 0.513. The van der Waals surface area contributed by atoms with E-state index in [2.05, 4.69) is 5.10 Å². The highest BCUT2D eigenvalue weighted by atomic mass is 35.5. The predicted octanol–water partition coefficient (Wildman–Crippen LogP) is 2.56. The molecule has 0 saturated heterocycles. The molecule has 114 valence electrons. The molecule has 22 heavy (non-hydrogen) atoms. The molecule has 0 unspecified atom stereocenters. The van der Waals surface area contributed by atoms with Crippen LogP contribution in [0.3, 0.4) is 0 Å². The predicted molar refractivity (Wildman–Crippen MR) is 82.5 cm³/mol. The summed E-state index contributed by atoms with van der Waals surface area (Å²) in [6.07, 6.45) is 1.11. The third-order valence-corrected chi connectivity index (χ3v) is 4.20. The number of hydrogen-bond donors (Lipinski definition) is 1. The van der Waals surface area contributed by atoms with Crippen molar-refractivity contribution in [2.45, 2.75) is 4.90 Å². The number of hydrogen-bond acceptors (Lipinski definition) is 5. The molecule has 0 atom stereocenters. The maximum atomic E-state index is 11.9.